The first-order valence-corrected chi connectivity index (χ1v) is 8.06. The number of nitro groups is 1. The van der Waals surface area contributed by atoms with Crippen LogP contribution in [-0.2, 0) is 0 Å². The van der Waals surface area contributed by atoms with Gasteiger partial charge in [0, 0.05) is 12.0 Å². The van der Waals surface area contributed by atoms with E-state index in [9.17, 15) is 15.2 Å². The Kier molecular flexibility index (Phi) is 3.30. The largest absolute Gasteiger partial charge is 0.506 e. The fraction of sp³-hybridized carbons (Fsp3) is 0.263. The Morgan fingerprint density at radius 1 is 1.25 bits per heavy atom. The third kappa shape index (κ3) is 2.16. The molecule has 0 saturated carbocycles. The van der Waals surface area contributed by atoms with Crippen molar-refractivity contribution in [1.29, 1.82) is 0 Å². The normalized spacial score (nSPS) is 24.1. The van der Waals surface area contributed by atoms with Crippen molar-refractivity contribution in [3.8, 4) is 5.75 Å². The van der Waals surface area contributed by atoms with E-state index < -0.39 is 4.92 Å². The number of nitrogens with zero attached hydrogens (tertiary/aromatic N) is 1. The Bertz CT molecular complexity index is 860. The highest BCUT2D eigenvalue weighted by atomic mass is 16.6. The number of benzene rings is 2. The number of phenolic OH excluding ortho intramolecular Hbond substituents is 1. The summed E-state index contributed by atoms with van der Waals surface area (Å²) in [6, 6.07) is 11.1. The van der Waals surface area contributed by atoms with E-state index in [1.54, 1.807) is 6.07 Å². The number of nitro benzene ring substituents is 1. The van der Waals surface area contributed by atoms with Crippen molar-refractivity contribution in [2.45, 2.75) is 25.3 Å². The van der Waals surface area contributed by atoms with E-state index in [2.05, 4.69) is 36.5 Å². The molecule has 0 fully saturated rings. The maximum atomic E-state index is 11.1. The maximum absolute atomic E-state index is 11.1. The number of hydrogen-bond acceptors (Lipinski definition) is 4. The predicted molar refractivity (Wildman–Crippen MR) is 92.3 cm³/mol. The van der Waals surface area contributed by atoms with Crippen LogP contribution >= 0.6 is 0 Å². The van der Waals surface area contributed by atoms with Gasteiger partial charge in [0.15, 0.2) is 0 Å². The summed E-state index contributed by atoms with van der Waals surface area (Å²) in [6.07, 6.45) is 5.16. The van der Waals surface area contributed by atoms with E-state index in [0.29, 0.717) is 11.6 Å². The third-order valence-corrected chi connectivity index (χ3v) is 5.17. The summed E-state index contributed by atoms with van der Waals surface area (Å²) in [5, 5.41) is 24.9. The van der Waals surface area contributed by atoms with Gasteiger partial charge in [-0.25, -0.2) is 0 Å². The Labute approximate surface area is 139 Å². The molecule has 0 aromatic heterocycles. The first-order chi connectivity index (χ1) is 11.6. The highest BCUT2D eigenvalue weighted by Crippen LogP contribution is 2.53. The number of hydrogen-bond donors (Lipinski definition) is 2. The molecule has 2 N–H and O–H groups in total. The quantitative estimate of drug-likeness (QED) is 0.371. The van der Waals surface area contributed by atoms with Crippen molar-refractivity contribution in [2.75, 3.05) is 5.32 Å². The number of rotatable bonds is 2. The number of nitrogens with one attached hydrogen (secondary N) is 1. The summed E-state index contributed by atoms with van der Waals surface area (Å²) in [4.78, 5) is 10.7. The molecule has 3 unspecified atom stereocenters. The van der Waals surface area contributed by atoms with E-state index in [-0.39, 0.29) is 23.4 Å². The van der Waals surface area contributed by atoms with E-state index in [1.165, 1.54) is 17.2 Å². The molecule has 0 spiro atoms. The predicted octanol–water partition coefficient (Wildman–Crippen LogP) is 4.44. The van der Waals surface area contributed by atoms with Crippen LogP contribution in [0.15, 0.2) is 48.6 Å². The van der Waals surface area contributed by atoms with E-state index in [4.69, 9.17) is 0 Å². The first kappa shape index (κ1) is 14.8. The second-order valence-electron chi connectivity index (χ2n) is 6.52. The van der Waals surface area contributed by atoms with Crippen molar-refractivity contribution in [1.82, 2.24) is 0 Å². The van der Waals surface area contributed by atoms with Crippen molar-refractivity contribution in [3.05, 3.63) is 75.4 Å². The zero-order chi connectivity index (χ0) is 16.8. The van der Waals surface area contributed by atoms with Crippen molar-refractivity contribution in [3.63, 3.8) is 0 Å². The number of aryl methyl sites for hydroxylation is 1. The zero-order valence-corrected chi connectivity index (χ0v) is 13.3. The molecule has 2 aliphatic rings. The van der Waals surface area contributed by atoms with Crippen LogP contribution in [0, 0.1) is 23.0 Å². The van der Waals surface area contributed by atoms with Gasteiger partial charge in [0.05, 0.1) is 22.7 Å². The highest BCUT2D eigenvalue weighted by Gasteiger charge is 2.40. The molecule has 0 bridgehead atoms. The molecule has 24 heavy (non-hydrogen) atoms. The molecular formula is C19H18N2O3. The lowest BCUT2D eigenvalue weighted by molar-refractivity contribution is -0.385. The average Bonchev–Trinajstić information content (AvgIpc) is 3.05. The van der Waals surface area contributed by atoms with Crippen molar-refractivity contribution < 1.29 is 10.0 Å². The minimum Gasteiger partial charge on any atom is -0.506 e. The van der Waals surface area contributed by atoms with Gasteiger partial charge >= 0.3 is 0 Å². The van der Waals surface area contributed by atoms with Gasteiger partial charge < -0.3 is 10.4 Å². The van der Waals surface area contributed by atoms with Gasteiger partial charge in [0.1, 0.15) is 5.75 Å². The van der Waals surface area contributed by atoms with Gasteiger partial charge in [-0.15, -0.1) is 0 Å². The number of non-ortho nitro benzene ring substituents is 1. The zero-order valence-electron chi connectivity index (χ0n) is 13.3. The fourth-order valence-corrected chi connectivity index (χ4v) is 4.01. The lowest BCUT2D eigenvalue weighted by Crippen LogP contribution is -2.29. The minimum absolute atomic E-state index is 0.0588. The molecule has 3 atom stereocenters. The van der Waals surface area contributed by atoms with Gasteiger partial charge in [0.2, 0.25) is 0 Å². The number of phenols is 1. The Morgan fingerprint density at radius 3 is 2.79 bits per heavy atom. The molecule has 2 aromatic carbocycles. The third-order valence-electron chi connectivity index (χ3n) is 5.17. The number of fused-ring (bicyclic) bond motifs is 3. The van der Waals surface area contributed by atoms with Crippen LogP contribution in [0.4, 0.5) is 11.4 Å². The van der Waals surface area contributed by atoms with Crippen LogP contribution < -0.4 is 5.32 Å². The summed E-state index contributed by atoms with van der Waals surface area (Å²) in [7, 11) is 0. The summed E-state index contributed by atoms with van der Waals surface area (Å²) in [6.45, 7) is 2.08. The van der Waals surface area contributed by atoms with Crippen molar-refractivity contribution >= 4 is 11.4 Å². The molecule has 1 aliphatic heterocycles. The number of allylic oxidation sites excluding steroid dienone is 2. The summed E-state index contributed by atoms with van der Waals surface area (Å²) < 4.78 is 0. The van der Waals surface area contributed by atoms with Crippen LogP contribution in [0.3, 0.4) is 0 Å². The molecule has 1 heterocycles. The van der Waals surface area contributed by atoms with Crippen LogP contribution in [0.25, 0.3) is 0 Å². The Morgan fingerprint density at radius 2 is 2.04 bits per heavy atom. The van der Waals surface area contributed by atoms with Gasteiger partial charge in [-0.05, 0) is 36.0 Å². The van der Waals surface area contributed by atoms with Crippen LogP contribution in [0.1, 0.15) is 35.1 Å². The van der Waals surface area contributed by atoms with Gasteiger partial charge in [0.25, 0.3) is 5.69 Å². The molecule has 5 nitrogen and oxygen atoms in total. The Hall–Kier alpha value is -2.82. The fourth-order valence-electron chi connectivity index (χ4n) is 4.01. The monoisotopic (exact) mass is 322 g/mol. The minimum atomic E-state index is -0.457. The highest BCUT2D eigenvalue weighted by molar-refractivity contribution is 5.70. The van der Waals surface area contributed by atoms with E-state index >= 15 is 0 Å². The number of anilines is 1. The lowest BCUT2D eigenvalue weighted by Gasteiger charge is -2.38. The maximum Gasteiger partial charge on any atom is 0.273 e. The summed E-state index contributed by atoms with van der Waals surface area (Å²) >= 11 is 0. The lowest BCUT2D eigenvalue weighted by atomic mass is 9.76. The van der Waals surface area contributed by atoms with Crippen LogP contribution in [-0.4, -0.2) is 10.0 Å². The second kappa shape index (κ2) is 5.37. The van der Waals surface area contributed by atoms with Crippen molar-refractivity contribution in [2.24, 2.45) is 5.92 Å². The SMILES string of the molecule is Cc1ccccc1C1Nc2c(O)cc([N+](=O)[O-])cc2C2C=CCC21. The van der Waals surface area contributed by atoms with Gasteiger partial charge in [-0.1, -0.05) is 36.4 Å². The molecule has 122 valence electrons. The second-order valence-corrected chi connectivity index (χ2v) is 6.52. The van der Waals surface area contributed by atoms with E-state index in [1.807, 2.05) is 12.1 Å². The Balaban J connectivity index is 1.85. The van der Waals surface area contributed by atoms with E-state index in [0.717, 1.165) is 12.0 Å². The molecule has 0 amide bonds. The smallest absolute Gasteiger partial charge is 0.273 e. The van der Waals surface area contributed by atoms with Crippen LogP contribution in [0.5, 0.6) is 5.75 Å². The summed E-state index contributed by atoms with van der Waals surface area (Å²) in [5.41, 5.74) is 3.76. The topological polar surface area (TPSA) is 75.4 Å². The average molecular weight is 322 g/mol. The van der Waals surface area contributed by atoms with Gasteiger partial charge in [-0.2, -0.15) is 0 Å². The standard InChI is InChI=1S/C19H18N2O3/c1-11-5-2-3-6-13(11)18-15-8-4-7-14(15)16-9-12(21(23)24)10-17(22)19(16)20-18/h2-7,9-10,14-15,18,20,22H,8H2,1H3. The molecule has 1 aliphatic carbocycles. The number of aromatic hydroxyl groups is 1. The molecular weight excluding hydrogens is 304 g/mol. The van der Waals surface area contributed by atoms with Crippen LogP contribution in [0.2, 0.25) is 0 Å². The first-order valence-electron chi connectivity index (χ1n) is 8.06. The molecule has 2 aromatic rings. The summed E-state index contributed by atoms with van der Waals surface area (Å²) in [5.74, 6) is 0.313. The molecule has 0 radical (unpaired) electrons. The van der Waals surface area contributed by atoms with Gasteiger partial charge in [-0.3, -0.25) is 10.1 Å². The molecule has 4 rings (SSSR count). The molecule has 5 heteroatoms. The molecule has 0 saturated heterocycles.